The Morgan fingerprint density at radius 3 is 2.75 bits per heavy atom. The normalized spacial score (nSPS) is 15.7. The maximum Gasteiger partial charge on any atom is 0.283 e. The lowest BCUT2D eigenvalue weighted by Gasteiger charge is -2.11. The summed E-state index contributed by atoms with van der Waals surface area (Å²) >= 11 is 0. The summed E-state index contributed by atoms with van der Waals surface area (Å²) in [5.41, 5.74) is 7.81. The molecule has 1 saturated carbocycles. The van der Waals surface area contributed by atoms with Crippen molar-refractivity contribution in [1.29, 1.82) is 0 Å². The van der Waals surface area contributed by atoms with Crippen LogP contribution in [0, 0.1) is 0 Å². The van der Waals surface area contributed by atoms with E-state index in [1.165, 1.54) is 36.0 Å². The van der Waals surface area contributed by atoms with E-state index in [9.17, 15) is 4.79 Å². The maximum absolute atomic E-state index is 12.3. The zero-order valence-corrected chi connectivity index (χ0v) is 13.7. The van der Waals surface area contributed by atoms with Crippen LogP contribution in [0.4, 0.5) is 0 Å². The van der Waals surface area contributed by atoms with Crippen molar-refractivity contribution >= 4 is 11.5 Å². The number of carbonyl (C=O) groups is 1. The summed E-state index contributed by atoms with van der Waals surface area (Å²) in [6.45, 7) is 3.93. The van der Waals surface area contributed by atoms with Crippen LogP contribution in [0.5, 0.6) is 5.75 Å². The number of hydroxylamine groups is 1. The summed E-state index contributed by atoms with van der Waals surface area (Å²) in [5.74, 6) is 1.02. The molecule has 2 aliphatic carbocycles. The van der Waals surface area contributed by atoms with Crippen LogP contribution >= 0.6 is 0 Å². The van der Waals surface area contributed by atoms with Gasteiger partial charge in [-0.1, -0.05) is 36.9 Å². The van der Waals surface area contributed by atoms with Crippen molar-refractivity contribution in [2.24, 2.45) is 0 Å². The highest BCUT2D eigenvalue weighted by Crippen LogP contribution is 2.40. The highest BCUT2D eigenvalue weighted by molar-refractivity contribution is 6.18. The first-order valence-corrected chi connectivity index (χ1v) is 8.59. The Bertz CT molecular complexity index is 805. The van der Waals surface area contributed by atoms with Crippen molar-refractivity contribution < 1.29 is 9.63 Å². The minimum Gasteiger partial charge on any atom is -0.379 e. The number of benzene rings is 2. The second-order valence-electron chi connectivity index (χ2n) is 6.70. The van der Waals surface area contributed by atoms with Gasteiger partial charge in [-0.3, -0.25) is 4.79 Å². The molecular formula is C21H21NO2. The predicted octanol–water partition coefficient (Wildman–Crippen LogP) is 4.18. The second-order valence-corrected chi connectivity index (χ2v) is 6.70. The first-order chi connectivity index (χ1) is 11.7. The van der Waals surface area contributed by atoms with Crippen molar-refractivity contribution in [1.82, 2.24) is 5.48 Å². The van der Waals surface area contributed by atoms with Gasteiger partial charge >= 0.3 is 0 Å². The zero-order chi connectivity index (χ0) is 16.5. The van der Waals surface area contributed by atoms with Gasteiger partial charge in [0, 0.05) is 5.57 Å². The summed E-state index contributed by atoms with van der Waals surface area (Å²) in [7, 11) is 0. The molecule has 0 spiro atoms. The molecule has 0 heterocycles. The van der Waals surface area contributed by atoms with Crippen molar-refractivity contribution in [2.45, 2.75) is 38.0 Å². The molecule has 4 rings (SSSR count). The van der Waals surface area contributed by atoms with E-state index in [-0.39, 0.29) is 5.91 Å². The monoisotopic (exact) mass is 319 g/mol. The Balaban J connectivity index is 1.40. The third kappa shape index (κ3) is 3.07. The largest absolute Gasteiger partial charge is 0.379 e. The van der Waals surface area contributed by atoms with E-state index in [0.717, 1.165) is 18.4 Å². The number of amides is 1. The Kier molecular flexibility index (Phi) is 3.85. The topological polar surface area (TPSA) is 38.3 Å². The summed E-state index contributed by atoms with van der Waals surface area (Å²) in [6.07, 6.45) is 5.89. The van der Waals surface area contributed by atoms with Gasteiger partial charge < -0.3 is 4.84 Å². The SMILES string of the molecule is C=C(C(=O)NOc1cccc(C2CC2)c1)c1ccc2c(c1)CCC2. The lowest BCUT2D eigenvalue weighted by molar-refractivity contribution is -0.121. The molecule has 1 N–H and O–H groups in total. The van der Waals surface area contributed by atoms with Crippen LogP contribution in [0.15, 0.2) is 49.0 Å². The van der Waals surface area contributed by atoms with Crippen molar-refractivity contribution in [3.05, 3.63) is 71.3 Å². The Morgan fingerprint density at radius 2 is 1.92 bits per heavy atom. The van der Waals surface area contributed by atoms with Gasteiger partial charge in [-0.2, -0.15) is 5.48 Å². The van der Waals surface area contributed by atoms with Crippen LogP contribution in [0.3, 0.4) is 0 Å². The highest BCUT2D eigenvalue weighted by Gasteiger charge is 2.23. The fourth-order valence-corrected chi connectivity index (χ4v) is 3.31. The molecule has 122 valence electrons. The fraction of sp³-hybridized carbons (Fsp3) is 0.286. The van der Waals surface area contributed by atoms with Gasteiger partial charge in [0.2, 0.25) is 0 Å². The van der Waals surface area contributed by atoms with Crippen LogP contribution in [0.1, 0.15) is 47.4 Å². The van der Waals surface area contributed by atoms with Gasteiger partial charge in [0.25, 0.3) is 5.91 Å². The number of hydrogen-bond acceptors (Lipinski definition) is 2. The molecule has 0 aromatic heterocycles. The van der Waals surface area contributed by atoms with E-state index in [4.69, 9.17) is 4.84 Å². The van der Waals surface area contributed by atoms with E-state index in [2.05, 4.69) is 30.3 Å². The number of carbonyl (C=O) groups excluding carboxylic acids is 1. The average molecular weight is 319 g/mol. The standard InChI is InChI=1S/C21H21NO2/c1-14(17-11-10-15-4-2-5-18(15)12-17)21(23)22-24-20-7-3-6-19(13-20)16-8-9-16/h3,6-7,10-13,16H,1-2,4-5,8-9H2,(H,22,23). The summed E-state index contributed by atoms with van der Waals surface area (Å²) in [4.78, 5) is 17.8. The maximum atomic E-state index is 12.3. The third-order valence-corrected chi connectivity index (χ3v) is 4.89. The minimum atomic E-state index is -0.301. The van der Waals surface area contributed by atoms with E-state index in [0.29, 0.717) is 17.2 Å². The lowest BCUT2D eigenvalue weighted by atomic mass is 10.0. The predicted molar refractivity (Wildman–Crippen MR) is 94.7 cm³/mol. The molecule has 1 fully saturated rings. The van der Waals surface area contributed by atoms with Crippen molar-refractivity contribution in [3.63, 3.8) is 0 Å². The highest BCUT2D eigenvalue weighted by atomic mass is 16.7. The molecular weight excluding hydrogens is 298 g/mol. The quantitative estimate of drug-likeness (QED) is 0.663. The molecule has 24 heavy (non-hydrogen) atoms. The Labute approximate surface area is 142 Å². The molecule has 0 atom stereocenters. The van der Waals surface area contributed by atoms with E-state index in [1.807, 2.05) is 24.3 Å². The van der Waals surface area contributed by atoms with Crippen molar-refractivity contribution in [3.8, 4) is 5.75 Å². The van der Waals surface area contributed by atoms with Gasteiger partial charge in [0.1, 0.15) is 0 Å². The fourth-order valence-electron chi connectivity index (χ4n) is 3.31. The van der Waals surface area contributed by atoms with Gasteiger partial charge in [0.05, 0.1) is 0 Å². The van der Waals surface area contributed by atoms with Crippen LogP contribution in [0.25, 0.3) is 5.57 Å². The van der Waals surface area contributed by atoms with E-state index in [1.54, 1.807) is 0 Å². The second kappa shape index (κ2) is 6.16. The Hall–Kier alpha value is -2.55. The van der Waals surface area contributed by atoms with Crippen molar-refractivity contribution in [2.75, 3.05) is 0 Å². The van der Waals surface area contributed by atoms with Crippen LogP contribution in [0.2, 0.25) is 0 Å². The molecule has 3 nitrogen and oxygen atoms in total. The summed E-state index contributed by atoms with van der Waals surface area (Å²) in [6, 6.07) is 14.1. The molecule has 2 aromatic rings. The molecule has 0 bridgehead atoms. The molecule has 2 aliphatic rings. The van der Waals surface area contributed by atoms with Gasteiger partial charge in [-0.25, -0.2) is 0 Å². The smallest absolute Gasteiger partial charge is 0.283 e. The average Bonchev–Trinajstić information content (AvgIpc) is 3.36. The number of nitrogens with one attached hydrogen (secondary N) is 1. The van der Waals surface area contributed by atoms with Gasteiger partial charge in [-0.05, 0) is 72.4 Å². The molecule has 0 unspecified atom stereocenters. The number of hydrogen-bond donors (Lipinski definition) is 1. The molecule has 1 amide bonds. The first-order valence-electron chi connectivity index (χ1n) is 8.59. The Morgan fingerprint density at radius 1 is 1.08 bits per heavy atom. The number of fused-ring (bicyclic) bond motifs is 1. The van der Waals surface area contributed by atoms with E-state index < -0.39 is 0 Å². The molecule has 3 heteroatoms. The van der Waals surface area contributed by atoms with Crippen LogP contribution in [-0.2, 0) is 17.6 Å². The van der Waals surface area contributed by atoms with Gasteiger partial charge in [-0.15, -0.1) is 0 Å². The van der Waals surface area contributed by atoms with Gasteiger partial charge in [0.15, 0.2) is 5.75 Å². The number of rotatable bonds is 5. The number of aryl methyl sites for hydroxylation is 2. The molecule has 0 aliphatic heterocycles. The first kappa shape index (κ1) is 15.0. The molecule has 0 saturated heterocycles. The lowest BCUT2D eigenvalue weighted by Crippen LogP contribution is -2.27. The summed E-state index contributed by atoms with van der Waals surface area (Å²) in [5, 5.41) is 0. The molecule has 0 radical (unpaired) electrons. The minimum absolute atomic E-state index is 0.301. The van der Waals surface area contributed by atoms with Crippen LogP contribution in [-0.4, -0.2) is 5.91 Å². The van der Waals surface area contributed by atoms with Crippen LogP contribution < -0.4 is 10.3 Å². The summed E-state index contributed by atoms with van der Waals surface area (Å²) < 4.78 is 0. The van der Waals surface area contributed by atoms with E-state index >= 15 is 0 Å². The third-order valence-electron chi connectivity index (χ3n) is 4.89. The molecule has 2 aromatic carbocycles. The zero-order valence-electron chi connectivity index (χ0n) is 13.7.